The summed E-state index contributed by atoms with van der Waals surface area (Å²) in [6, 6.07) is 0. The van der Waals surface area contributed by atoms with Crippen LogP contribution in [0, 0.1) is 23.3 Å². The molecule has 502 valence electrons. The Balaban J connectivity index is 1.14. The number of fused-ring (bicyclic) bond motifs is 9. The van der Waals surface area contributed by atoms with Crippen LogP contribution in [-0.2, 0) is 58.0 Å². The van der Waals surface area contributed by atoms with Crippen LogP contribution in [0.5, 0.6) is 0 Å². The van der Waals surface area contributed by atoms with Crippen molar-refractivity contribution >= 4 is 42.8 Å². The second kappa shape index (κ2) is 31.6. The molecule has 2 aromatic rings. The van der Waals surface area contributed by atoms with E-state index < -0.39 is 60.9 Å². The third-order valence-corrected chi connectivity index (χ3v) is 31.4. The summed E-state index contributed by atoms with van der Waals surface area (Å²) in [7, 11) is -0.923. The molecule has 7 heterocycles. The average Bonchev–Trinajstić information content (AvgIpc) is 0.946. The number of carbonyl (C=O) groups is 1. The van der Waals surface area contributed by atoms with E-state index in [1.807, 2.05) is 31.2 Å². The molecule has 15 nitrogen and oxygen atoms in total. The maximum atomic E-state index is 13.9. The van der Waals surface area contributed by atoms with Crippen LogP contribution in [0.25, 0.3) is 12.2 Å². The highest BCUT2D eigenvalue weighted by Crippen LogP contribution is 2.47. The van der Waals surface area contributed by atoms with Crippen LogP contribution in [0.4, 0.5) is 0 Å². The zero-order valence-corrected chi connectivity index (χ0v) is 61.8. The summed E-state index contributed by atoms with van der Waals surface area (Å²) >= 11 is 0. The Morgan fingerprint density at radius 1 is 0.833 bits per heavy atom. The van der Waals surface area contributed by atoms with Gasteiger partial charge in [0.05, 0.1) is 67.5 Å². The first-order chi connectivity index (χ1) is 42.3. The largest absolute Gasteiger partial charge is 0.458 e. The van der Waals surface area contributed by atoms with Gasteiger partial charge in [0.25, 0.3) is 0 Å². The lowest BCUT2D eigenvalue weighted by atomic mass is 9.79. The molecule has 4 fully saturated rings. The van der Waals surface area contributed by atoms with E-state index in [9.17, 15) is 4.79 Å². The first-order valence-electron chi connectivity index (χ1n) is 33.5. The third kappa shape index (κ3) is 19.4. The summed E-state index contributed by atoms with van der Waals surface area (Å²) in [5.74, 6) is 2.37. The van der Waals surface area contributed by atoms with E-state index >= 15 is 0 Å². The number of oxazole rings is 2. The fourth-order valence-corrected chi connectivity index (χ4v) is 21.7. The van der Waals surface area contributed by atoms with Crippen LogP contribution in [0.15, 0.2) is 81.1 Å². The van der Waals surface area contributed by atoms with Crippen molar-refractivity contribution in [2.24, 2.45) is 11.8 Å². The highest BCUT2D eigenvalue weighted by molar-refractivity contribution is 6.83. The predicted octanol–water partition coefficient (Wildman–Crippen LogP) is 16.6. The summed E-state index contributed by atoms with van der Waals surface area (Å²) in [6.45, 7) is 44.8. The molecule has 0 spiro atoms. The van der Waals surface area contributed by atoms with Gasteiger partial charge in [0.1, 0.15) is 44.2 Å². The van der Waals surface area contributed by atoms with Gasteiger partial charge in [0.2, 0.25) is 14.2 Å². The molecule has 0 saturated carbocycles. The standard InChI is InChI=1S/C72H114N2O13Si3/c1-46(2)90(47(3)4,48(5)6)87-65(36-49(7)31-32-55(76-15)27-25-33-88(18,19)20)64-41-60(77-16)42-72(78-17,85-64)43-67-73-54(44-79-67)37-51(9)69-53(11)70-52(10)62(83-69)28-24-29-66-74-61(45-80-66)63-40-59(86-89(21,22)71(12,13)14)39-58(82-63)38-57-35-50(8)34-56(81-57)26-23-30-68(75)84-70/h23-24,29-32,36-37,44-48,52-53,55-60,62-65,69-70H,8,26-28,34-35,38-43H2,1-7,9-22H3/b29-24+,30-23-,32-31+,49-36+,51-37+/t52-,53-,55+,56-,57+,58+,59+,60+,62+,63+,64+,65-,69-,70-,72-/m0/s1. The zero-order valence-electron chi connectivity index (χ0n) is 58.8. The van der Waals surface area contributed by atoms with E-state index in [4.69, 9.17) is 65.5 Å². The van der Waals surface area contributed by atoms with Crippen LogP contribution in [0.1, 0.15) is 183 Å². The minimum Gasteiger partial charge on any atom is -0.458 e. The van der Waals surface area contributed by atoms with Gasteiger partial charge in [-0.25, -0.2) is 14.8 Å². The van der Waals surface area contributed by atoms with Crippen LogP contribution in [0.2, 0.25) is 54.4 Å². The summed E-state index contributed by atoms with van der Waals surface area (Å²) in [6.07, 6.45) is 22.7. The Hall–Kier alpha value is -3.82. The van der Waals surface area contributed by atoms with Gasteiger partial charge in [-0.15, -0.1) is 11.5 Å². The van der Waals surface area contributed by atoms with Gasteiger partial charge < -0.3 is 55.6 Å². The van der Waals surface area contributed by atoms with E-state index in [0.29, 0.717) is 79.0 Å². The van der Waals surface area contributed by atoms with Gasteiger partial charge in [0, 0.05) is 71.3 Å². The number of aromatic nitrogens is 2. The van der Waals surface area contributed by atoms with Gasteiger partial charge in [-0.3, -0.25) is 0 Å². The molecule has 2 aromatic heterocycles. The van der Waals surface area contributed by atoms with E-state index in [1.165, 1.54) is 0 Å². The molecule has 8 bridgehead atoms. The molecule has 0 radical (unpaired) electrons. The average molecular weight is 1300 g/mol. The number of allylic oxidation sites excluding steroid dienone is 2. The fourth-order valence-electron chi connectivity index (χ4n) is 14.2. The SMILES string of the molecule is C=C1C[C@@H]2C[C@@H]3C[C@@H](O[Si](C)(C)C(C)(C)C)C[C@@H](O3)c3coc(n3)/C=C/C[C@H]3O[C@@H](/C(C)=C/c4coc(C[C@]5(OC)C[C@H](OC)C[C@H]([C@H](/C=C(C)/C=C/[C@@H](CC#C[Si](C)(C)C)OC)O[Si](C(C)C)(C(C)C)C(C)C)O5)n4)[C@H](C)[C@@H](OC(=O)/C=C\C[C@@H](C1)O2)[C@H]3C. The molecule has 18 heteroatoms. The van der Waals surface area contributed by atoms with Crippen LogP contribution in [0.3, 0.4) is 0 Å². The van der Waals surface area contributed by atoms with E-state index in [2.05, 4.69) is 152 Å². The molecule has 0 amide bonds. The maximum Gasteiger partial charge on any atom is 0.330 e. The molecule has 0 aromatic carbocycles. The molecule has 0 N–H and O–H groups in total. The number of methoxy groups -OCH3 is 3. The van der Waals surface area contributed by atoms with Crippen molar-refractivity contribution in [2.45, 2.75) is 294 Å². The summed E-state index contributed by atoms with van der Waals surface area (Å²) in [4.78, 5) is 24.0. The first kappa shape index (κ1) is 73.6. The summed E-state index contributed by atoms with van der Waals surface area (Å²) < 4.78 is 80.2. The van der Waals surface area contributed by atoms with Crippen LogP contribution in [-0.4, -0.2) is 135 Å². The van der Waals surface area contributed by atoms with Gasteiger partial charge in [0.15, 0.2) is 20.0 Å². The number of hydrogen-bond acceptors (Lipinski definition) is 15. The van der Waals surface area contributed by atoms with Gasteiger partial charge in [-0.05, 0) is 98.4 Å². The molecule has 7 rings (SSSR count). The number of nitrogens with zero attached hydrogens (tertiary/aromatic N) is 2. The van der Waals surface area contributed by atoms with Gasteiger partial charge >= 0.3 is 5.97 Å². The lowest BCUT2D eigenvalue weighted by Gasteiger charge is -2.49. The van der Waals surface area contributed by atoms with E-state index in [0.717, 1.165) is 41.7 Å². The monoisotopic (exact) mass is 1300 g/mol. The van der Waals surface area contributed by atoms with Crippen molar-refractivity contribution < 1.29 is 60.4 Å². The quantitative estimate of drug-likeness (QED) is 0.0429. The van der Waals surface area contributed by atoms with Crippen molar-refractivity contribution in [2.75, 3.05) is 21.3 Å². The number of ether oxygens (including phenoxy) is 8. The lowest BCUT2D eigenvalue weighted by Crippen LogP contribution is -2.57. The first-order valence-corrected chi connectivity index (χ1v) is 42.1. The Bertz CT molecular complexity index is 2880. The fraction of sp³-hybridized carbons (Fsp3) is 0.708. The van der Waals surface area contributed by atoms with Gasteiger partial charge in [-0.1, -0.05) is 144 Å². The lowest BCUT2D eigenvalue weighted by molar-refractivity contribution is -0.297. The second-order valence-electron chi connectivity index (χ2n) is 30.1. The molecule has 15 atom stereocenters. The highest BCUT2D eigenvalue weighted by Gasteiger charge is 2.52. The zero-order chi connectivity index (χ0) is 66.1. The van der Waals surface area contributed by atoms with Crippen molar-refractivity contribution in [3.8, 4) is 11.5 Å². The highest BCUT2D eigenvalue weighted by atomic mass is 28.4. The van der Waals surface area contributed by atoms with E-state index in [1.54, 1.807) is 39.9 Å². The summed E-state index contributed by atoms with van der Waals surface area (Å²) in [5.41, 5.74) is 8.92. The smallest absolute Gasteiger partial charge is 0.330 e. The topological polar surface area (TPSA) is 161 Å². The van der Waals surface area contributed by atoms with Crippen LogP contribution >= 0.6 is 0 Å². The number of esters is 1. The number of rotatable bonds is 19. The molecule has 4 saturated heterocycles. The number of hydrogen-bond donors (Lipinski definition) is 0. The minimum atomic E-state index is -2.46. The Morgan fingerprint density at radius 3 is 2.19 bits per heavy atom. The molecule has 0 aliphatic carbocycles. The predicted molar refractivity (Wildman–Crippen MR) is 365 cm³/mol. The number of carbonyl (C=O) groups excluding carboxylic acids is 1. The Morgan fingerprint density at radius 2 is 1.53 bits per heavy atom. The van der Waals surface area contributed by atoms with Crippen molar-refractivity contribution in [1.29, 1.82) is 0 Å². The molecule has 90 heavy (non-hydrogen) atoms. The molecular formula is C72H114N2O13Si3. The van der Waals surface area contributed by atoms with Gasteiger partial charge in [-0.2, -0.15) is 0 Å². The molecule has 5 aliphatic rings. The maximum absolute atomic E-state index is 13.9. The second-order valence-corrected chi connectivity index (χ2v) is 45.0. The van der Waals surface area contributed by atoms with Crippen LogP contribution < -0.4 is 0 Å². The van der Waals surface area contributed by atoms with Crippen molar-refractivity contribution in [3.63, 3.8) is 0 Å². The molecule has 0 unspecified atom stereocenters. The molecular weight excluding hydrogens is 1190 g/mol. The Labute approximate surface area is 544 Å². The normalized spacial score (nSPS) is 31.2. The summed E-state index contributed by atoms with van der Waals surface area (Å²) in [5, 5.41) is 0.0525. The molecule has 5 aliphatic heterocycles. The van der Waals surface area contributed by atoms with E-state index in [-0.39, 0.29) is 72.1 Å². The Kier molecular flexibility index (Phi) is 25.8. The minimum absolute atomic E-state index is 0.00393. The van der Waals surface area contributed by atoms with Crippen molar-refractivity contribution in [1.82, 2.24) is 9.97 Å². The van der Waals surface area contributed by atoms with Crippen molar-refractivity contribution in [3.05, 3.63) is 95.4 Å². The third-order valence-electron chi connectivity index (χ3n) is 19.8.